The van der Waals surface area contributed by atoms with Gasteiger partial charge in [0.25, 0.3) is 0 Å². The predicted octanol–water partition coefficient (Wildman–Crippen LogP) is 1.74. The lowest BCUT2D eigenvalue weighted by molar-refractivity contribution is 0.279. The quantitative estimate of drug-likeness (QED) is 0.411. The summed E-state index contributed by atoms with van der Waals surface area (Å²) in [6, 6.07) is 0.622. The van der Waals surface area contributed by atoms with Crippen LogP contribution < -0.4 is 10.6 Å². The van der Waals surface area contributed by atoms with Crippen molar-refractivity contribution in [3.63, 3.8) is 0 Å². The first-order chi connectivity index (χ1) is 10.3. The predicted molar refractivity (Wildman–Crippen MR) is 105 cm³/mol. The zero-order chi connectivity index (χ0) is 14.9. The summed E-state index contributed by atoms with van der Waals surface area (Å²) in [6.45, 7) is 6.92. The van der Waals surface area contributed by atoms with Crippen molar-refractivity contribution in [2.75, 3.05) is 53.4 Å². The Kier molecular flexibility index (Phi) is 10.4. The molecule has 1 aliphatic heterocycles. The van der Waals surface area contributed by atoms with Crippen molar-refractivity contribution in [2.24, 2.45) is 4.99 Å². The van der Waals surface area contributed by atoms with E-state index in [2.05, 4.69) is 32.5 Å². The minimum absolute atomic E-state index is 0. The van der Waals surface area contributed by atoms with Crippen LogP contribution in [0.3, 0.4) is 0 Å². The molecule has 1 heterocycles. The lowest BCUT2D eigenvalue weighted by atomic mass is 9.96. The molecule has 0 atom stereocenters. The average molecular weight is 423 g/mol. The number of hydrogen-bond donors (Lipinski definition) is 2. The van der Waals surface area contributed by atoms with E-state index in [-0.39, 0.29) is 24.0 Å². The number of guanidine groups is 1. The molecule has 1 aliphatic carbocycles. The molecule has 0 radical (unpaired) electrons. The maximum atomic E-state index is 4.36. The Morgan fingerprint density at radius 2 is 1.82 bits per heavy atom. The Labute approximate surface area is 153 Å². The van der Waals surface area contributed by atoms with Crippen LogP contribution in [-0.4, -0.2) is 75.2 Å². The molecule has 1 saturated heterocycles. The fourth-order valence-corrected chi connectivity index (χ4v) is 3.29. The van der Waals surface area contributed by atoms with Crippen molar-refractivity contribution in [1.29, 1.82) is 0 Å². The van der Waals surface area contributed by atoms with Crippen LogP contribution >= 0.6 is 24.0 Å². The van der Waals surface area contributed by atoms with Crippen molar-refractivity contribution in [1.82, 2.24) is 20.4 Å². The molecule has 2 fully saturated rings. The normalized spacial score (nSPS) is 22.7. The van der Waals surface area contributed by atoms with Gasteiger partial charge in [0.05, 0.1) is 0 Å². The van der Waals surface area contributed by atoms with Gasteiger partial charge in [0.15, 0.2) is 5.96 Å². The van der Waals surface area contributed by atoms with Gasteiger partial charge < -0.3 is 20.4 Å². The molecule has 0 unspecified atom stereocenters. The van der Waals surface area contributed by atoms with Gasteiger partial charge in [-0.05, 0) is 39.4 Å². The van der Waals surface area contributed by atoms with Gasteiger partial charge in [-0.3, -0.25) is 4.99 Å². The number of nitrogens with zero attached hydrogens (tertiary/aromatic N) is 3. The third-order valence-corrected chi connectivity index (χ3v) is 4.70. The molecule has 2 rings (SSSR count). The summed E-state index contributed by atoms with van der Waals surface area (Å²) in [6.07, 6.45) is 7.98. The van der Waals surface area contributed by atoms with Gasteiger partial charge in [0.1, 0.15) is 0 Å². The van der Waals surface area contributed by atoms with Crippen molar-refractivity contribution >= 4 is 29.9 Å². The number of rotatable bonds is 4. The second-order valence-corrected chi connectivity index (χ2v) is 6.48. The molecule has 1 saturated carbocycles. The molecule has 0 aromatic rings. The topological polar surface area (TPSA) is 42.9 Å². The second kappa shape index (κ2) is 11.5. The number of aliphatic imine (C=N–C) groups is 1. The molecule has 0 aromatic heterocycles. The summed E-state index contributed by atoms with van der Waals surface area (Å²) in [5, 5.41) is 7.05. The molecular weight excluding hydrogens is 389 g/mol. The van der Waals surface area contributed by atoms with Crippen LogP contribution in [0.1, 0.15) is 38.5 Å². The first-order valence-electron chi connectivity index (χ1n) is 8.66. The van der Waals surface area contributed by atoms with E-state index in [9.17, 15) is 0 Å². The summed E-state index contributed by atoms with van der Waals surface area (Å²) >= 11 is 0. The summed E-state index contributed by atoms with van der Waals surface area (Å²) in [4.78, 5) is 9.35. The van der Waals surface area contributed by atoms with E-state index in [1.165, 1.54) is 64.7 Å². The SMILES string of the molecule is CN=C(NCCN1CCCN(C)CC1)NC1CCCCC1.I. The molecule has 2 aliphatic rings. The molecule has 5 nitrogen and oxygen atoms in total. The number of nitrogens with one attached hydrogen (secondary N) is 2. The van der Waals surface area contributed by atoms with Gasteiger partial charge in [-0.2, -0.15) is 0 Å². The number of hydrogen-bond acceptors (Lipinski definition) is 3. The van der Waals surface area contributed by atoms with Crippen LogP contribution in [-0.2, 0) is 0 Å². The fourth-order valence-electron chi connectivity index (χ4n) is 3.29. The second-order valence-electron chi connectivity index (χ2n) is 6.48. The average Bonchev–Trinajstić information content (AvgIpc) is 2.72. The third kappa shape index (κ3) is 7.46. The van der Waals surface area contributed by atoms with Crippen molar-refractivity contribution in [3.8, 4) is 0 Å². The maximum absolute atomic E-state index is 4.36. The molecule has 2 N–H and O–H groups in total. The van der Waals surface area contributed by atoms with Gasteiger partial charge in [-0.25, -0.2) is 0 Å². The van der Waals surface area contributed by atoms with Gasteiger partial charge >= 0.3 is 0 Å². The first kappa shape index (κ1) is 20.0. The molecule has 6 heteroatoms. The molecule has 0 aromatic carbocycles. The molecular formula is C16H34IN5. The van der Waals surface area contributed by atoms with Crippen LogP contribution in [0.2, 0.25) is 0 Å². The molecule has 0 amide bonds. The Balaban J connectivity index is 0.00000242. The standard InChI is InChI=1S/C16H33N5.HI/c1-17-16(19-15-7-4-3-5-8-15)18-9-12-21-11-6-10-20(2)13-14-21;/h15H,3-14H2,1-2H3,(H2,17,18,19);1H. The Bertz CT molecular complexity index is 318. The largest absolute Gasteiger partial charge is 0.355 e. The molecule has 130 valence electrons. The van der Waals surface area contributed by atoms with Gasteiger partial charge in [0, 0.05) is 39.3 Å². The Morgan fingerprint density at radius 1 is 1.05 bits per heavy atom. The highest BCUT2D eigenvalue weighted by atomic mass is 127. The zero-order valence-electron chi connectivity index (χ0n) is 14.3. The first-order valence-corrected chi connectivity index (χ1v) is 8.66. The molecule has 22 heavy (non-hydrogen) atoms. The molecule has 0 bridgehead atoms. The van der Waals surface area contributed by atoms with Crippen molar-refractivity contribution in [3.05, 3.63) is 0 Å². The van der Waals surface area contributed by atoms with Crippen molar-refractivity contribution < 1.29 is 0 Å². The van der Waals surface area contributed by atoms with Crippen LogP contribution in [0.4, 0.5) is 0 Å². The van der Waals surface area contributed by atoms with Crippen molar-refractivity contribution in [2.45, 2.75) is 44.6 Å². The minimum atomic E-state index is 0. The number of likely N-dealkylation sites (N-methyl/N-ethyl adjacent to an activating group) is 1. The van der Waals surface area contributed by atoms with E-state index in [1.807, 2.05) is 7.05 Å². The van der Waals surface area contributed by atoms with Crippen LogP contribution in [0.25, 0.3) is 0 Å². The smallest absolute Gasteiger partial charge is 0.191 e. The lowest BCUT2D eigenvalue weighted by Crippen LogP contribution is -2.46. The maximum Gasteiger partial charge on any atom is 0.191 e. The fraction of sp³-hybridized carbons (Fsp3) is 0.938. The minimum Gasteiger partial charge on any atom is -0.355 e. The summed E-state index contributed by atoms with van der Waals surface area (Å²) in [5.74, 6) is 0.980. The van der Waals surface area contributed by atoms with E-state index in [4.69, 9.17) is 0 Å². The highest BCUT2D eigenvalue weighted by molar-refractivity contribution is 14.0. The number of halogens is 1. The highest BCUT2D eigenvalue weighted by Crippen LogP contribution is 2.17. The summed E-state index contributed by atoms with van der Waals surface area (Å²) in [7, 11) is 4.09. The van der Waals surface area contributed by atoms with Gasteiger partial charge in [-0.1, -0.05) is 19.3 Å². The highest BCUT2D eigenvalue weighted by Gasteiger charge is 2.15. The summed E-state index contributed by atoms with van der Waals surface area (Å²) < 4.78 is 0. The van der Waals surface area contributed by atoms with Gasteiger partial charge in [-0.15, -0.1) is 24.0 Å². The monoisotopic (exact) mass is 423 g/mol. The lowest BCUT2D eigenvalue weighted by Gasteiger charge is -2.26. The Hall–Kier alpha value is -0.0800. The third-order valence-electron chi connectivity index (χ3n) is 4.70. The van der Waals surface area contributed by atoms with E-state index in [0.29, 0.717) is 6.04 Å². The zero-order valence-corrected chi connectivity index (χ0v) is 16.6. The van der Waals surface area contributed by atoms with Crippen LogP contribution in [0.5, 0.6) is 0 Å². The van der Waals surface area contributed by atoms with E-state index < -0.39 is 0 Å². The van der Waals surface area contributed by atoms with E-state index in [1.54, 1.807) is 0 Å². The molecule has 0 spiro atoms. The summed E-state index contributed by atoms with van der Waals surface area (Å²) in [5.41, 5.74) is 0. The van der Waals surface area contributed by atoms with Crippen LogP contribution in [0, 0.1) is 0 Å². The van der Waals surface area contributed by atoms with Gasteiger partial charge in [0.2, 0.25) is 0 Å². The van der Waals surface area contributed by atoms with E-state index in [0.717, 1.165) is 19.0 Å². The van der Waals surface area contributed by atoms with E-state index >= 15 is 0 Å². The van der Waals surface area contributed by atoms with Crippen LogP contribution in [0.15, 0.2) is 4.99 Å². The Morgan fingerprint density at radius 3 is 2.55 bits per heavy atom.